The molecule has 6 rings (SSSR count). The van der Waals surface area contributed by atoms with Crippen LogP contribution in [0.1, 0.15) is 68.1 Å². The second kappa shape index (κ2) is 12.5. The van der Waals surface area contributed by atoms with Gasteiger partial charge in [0.25, 0.3) is 5.91 Å². The van der Waals surface area contributed by atoms with Gasteiger partial charge in [-0.25, -0.2) is 9.97 Å². The van der Waals surface area contributed by atoms with Crippen molar-refractivity contribution in [1.82, 2.24) is 25.3 Å². The van der Waals surface area contributed by atoms with E-state index >= 15 is 0 Å². The number of anilines is 1. The molecule has 0 aliphatic heterocycles. The molecule has 0 unspecified atom stereocenters. The topological polar surface area (TPSA) is 105 Å². The molecule has 0 atom stereocenters. The minimum absolute atomic E-state index is 0.00706. The van der Waals surface area contributed by atoms with Crippen LogP contribution in [0.2, 0.25) is 5.15 Å². The monoisotopic (exact) mass is 572 g/mol. The van der Waals surface area contributed by atoms with E-state index in [1.165, 1.54) is 32.1 Å². The van der Waals surface area contributed by atoms with E-state index in [1.807, 2.05) is 24.4 Å². The van der Waals surface area contributed by atoms with Gasteiger partial charge in [-0.2, -0.15) is 0 Å². The lowest BCUT2D eigenvalue weighted by molar-refractivity contribution is 0.0918. The number of nitrogens with zero attached hydrogens (tertiary/aromatic N) is 3. The molecule has 2 aliphatic rings. The third-order valence-corrected chi connectivity index (χ3v) is 9.01. The van der Waals surface area contributed by atoms with E-state index in [-0.39, 0.29) is 11.9 Å². The second-order valence-corrected chi connectivity index (χ2v) is 12.0. The average molecular weight is 573 g/mol. The lowest BCUT2D eigenvalue weighted by Crippen LogP contribution is -2.38. The van der Waals surface area contributed by atoms with Gasteiger partial charge in [-0.05, 0) is 106 Å². The predicted molar refractivity (Wildman–Crippen MR) is 162 cm³/mol. The van der Waals surface area contributed by atoms with Crippen molar-refractivity contribution in [2.45, 2.75) is 69.9 Å². The first-order chi connectivity index (χ1) is 20.0. The minimum atomic E-state index is -0.00706. The largest absolute Gasteiger partial charge is 0.495 e. The van der Waals surface area contributed by atoms with E-state index in [4.69, 9.17) is 16.3 Å². The van der Waals surface area contributed by atoms with Crippen molar-refractivity contribution in [2.24, 2.45) is 11.8 Å². The molecule has 9 heteroatoms. The molecule has 0 saturated heterocycles. The lowest BCUT2D eigenvalue weighted by Gasteiger charge is -2.34. The van der Waals surface area contributed by atoms with Crippen molar-refractivity contribution in [3.8, 4) is 16.9 Å². The number of hydrogen-bond donors (Lipinski definition) is 3. The van der Waals surface area contributed by atoms with Gasteiger partial charge in [0.05, 0.1) is 18.9 Å². The Kier molecular flexibility index (Phi) is 8.37. The number of amides is 1. The van der Waals surface area contributed by atoms with Gasteiger partial charge in [-0.15, -0.1) is 0 Å². The molecule has 4 aromatic heterocycles. The van der Waals surface area contributed by atoms with Crippen LogP contribution in [0.3, 0.4) is 0 Å². The number of H-pyrrole nitrogens is 1. The van der Waals surface area contributed by atoms with E-state index in [2.05, 4.69) is 36.6 Å². The van der Waals surface area contributed by atoms with Crippen LogP contribution < -0.4 is 15.4 Å². The number of methoxy groups -OCH3 is 1. The zero-order valence-corrected chi connectivity index (χ0v) is 24.2. The van der Waals surface area contributed by atoms with Crippen LogP contribution in [0.4, 0.5) is 5.82 Å². The fourth-order valence-electron chi connectivity index (χ4n) is 6.59. The predicted octanol–water partition coefficient (Wildman–Crippen LogP) is 7.03. The molecule has 0 spiro atoms. The van der Waals surface area contributed by atoms with Crippen molar-refractivity contribution >= 4 is 34.4 Å². The second-order valence-electron chi connectivity index (χ2n) is 11.6. The highest BCUT2D eigenvalue weighted by Gasteiger charge is 2.28. The molecule has 0 aromatic carbocycles. The molecule has 4 heterocycles. The Morgan fingerprint density at radius 3 is 2.49 bits per heavy atom. The Hall–Kier alpha value is -3.65. The fourth-order valence-corrected chi connectivity index (χ4v) is 6.80. The Balaban J connectivity index is 0.988. The first kappa shape index (κ1) is 27.5. The average Bonchev–Trinajstić information content (AvgIpc) is 3.43. The SMILES string of the molecule is COc1cnc2[nH]cc(-c3cc(Cl)nc(NC4CCC(CC5CCC(NC(=O)c6cccnc6)CC5)CC4)c3)c2c1. The zero-order chi connectivity index (χ0) is 28.2. The number of pyridine rings is 3. The summed E-state index contributed by atoms with van der Waals surface area (Å²) in [4.78, 5) is 28.8. The number of fused-ring (bicyclic) bond motifs is 1. The van der Waals surface area contributed by atoms with E-state index < -0.39 is 0 Å². The maximum atomic E-state index is 12.5. The van der Waals surface area contributed by atoms with Gasteiger partial charge in [0.15, 0.2) is 0 Å². The molecular weight excluding hydrogens is 536 g/mol. The van der Waals surface area contributed by atoms with Crippen LogP contribution >= 0.6 is 11.6 Å². The number of hydrogen-bond acceptors (Lipinski definition) is 6. The number of halogens is 1. The molecule has 41 heavy (non-hydrogen) atoms. The van der Waals surface area contributed by atoms with Crippen molar-refractivity contribution in [2.75, 3.05) is 12.4 Å². The van der Waals surface area contributed by atoms with E-state index in [1.54, 1.807) is 31.8 Å². The van der Waals surface area contributed by atoms with E-state index in [0.717, 1.165) is 65.5 Å². The first-order valence-corrected chi connectivity index (χ1v) is 15.1. The summed E-state index contributed by atoms with van der Waals surface area (Å²) in [6, 6.07) is 10.3. The fraction of sp³-hybridized carbons (Fsp3) is 0.438. The highest BCUT2D eigenvalue weighted by atomic mass is 35.5. The summed E-state index contributed by atoms with van der Waals surface area (Å²) in [5.74, 6) is 3.06. The number of aromatic nitrogens is 4. The molecule has 214 valence electrons. The van der Waals surface area contributed by atoms with Gasteiger partial charge in [0.1, 0.15) is 22.4 Å². The normalized spacial score (nSPS) is 22.8. The van der Waals surface area contributed by atoms with Crippen LogP contribution in [-0.4, -0.2) is 45.0 Å². The minimum Gasteiger partial charge on any atom is -0.495 e. The first-order valence-electron chi connectivity index (χ1n) is 14.7. The van der Waals surface area contributed by atoms with E-state index in [9.17, 15) is 4.79 Å². The number of carbonyl (C=O) groups excluding carboxylic acids is 1. The lowest BCUT2D eigenvalue weighted by atomic mass is 9.75. The molecule has 1 amide bonds. The molecule has 8 nitrogen and oxygen atoms in total. The van der Waals surface area contributed by atoms with Gasteiger partial charge < -0.3 is 20.4 Å². The molecule has 2 aliphatic carbocycles. The number of rotatable bonds is 8. The van der Waals surface area contributed by atoms with Gasteiger partial charge in [-0.1, -0.05) is 11.6 Å². The van der Waals surface area contributed by atoms with Crippen LogP contribution in [0.5, 0.6) is 5.75 Å². The highest BCUT2D eigenvalue weighted by Crippen LogP contribution is 2.37. The van der Waals surface area contributed by atoms with Crippen molar-refractivity contribution < 1.29 is 9.53 Å². The summed E-state index contributed by atoms with van der Waals surface area (Å²) in [7, 11) is 1.65. The molecule has 2 saturated carbocycles. The number of ether oxygens (including phenoxy) is 1. The third-order valence-electron chi connectivity index (χ3n) is 8.82. The van der Waals surface area contributed by atoms with Crippen molar-refractivity contribution in [3.05, 3.63) is 65.8 Å². The Bertz CT molecular complexity index is 1480. The summed E-state index contributed by atoms with van der Waals surface area (Å²) in [6.45, 7) is 0. The zero-order valence-electron chi connectivity index (χ0n) is 23.4. The summed E-state index contributed by atoms with van der Waals surface area (Å²) >= 11 is 6.47. The van der Waals surface area contributed by atoms with Gasteiger partial charge >= 0.3 is 0 Å². The summed E-state index contributed by atoms with van der Waals surface area (Å²) < 4.78 is 5.38. The Morgan fingerprint density at radius 1 is 1.02 bits per heavy atom. The Labute approximate surface area is 245 Å². The maximum absolute atomic E-state index is 12.5. The van der Waals surface area contributed by atoms with Crippen LogP contribution in [0.25, 0.3) is 22.2 Å². The van der Waals surface area contributed by atoms with Crippen LogP contribution in [0, 0.1) is 11.8 Å². The molecule has 4 aromatic rings. The van der Waals surface area contributed by atoms with E-state index in [0.29, 0.717) is 22.5 Å². The molecule has 3 N–H and O–H groups in total. The van der Waals surface area contributed by atoms with Gasteiger partial charge in [0, 0.05) is 41.6 Å². The highest BCUT2D eigenvalue weighted by molar-refractivity contribution is 6.29. The molecular formula is C32H37ClN6O2. The van der Waals surface area contributed by atoms with Gasteiger partial charge in [-0.3, -0.25) is 9.78 Å². The Morgan fingerprint density at radius 2 is 1.78 bits per heavy atom. The van der Waals surface area contributed by atoms with Crippen molar-refractivity contribution in [3.63, 3.8) is 0 Å². The van der Waals surface area contributed by atoms with Crippen molar-refractivity contribution in [1.29, 1.82) is 0 Å². The standard InChI is InChI=1S/C32H37ClN6O2/c1-41-26-16-27-28(19-36-31(27)35-18-26)23-14-29(33)39-30(15-23)37-24-8-4-20(5-9-24)13-21-6-10-25(11-7-21)38-32(40)22-3-2-12-34-17-22/h2-3,12,14-21,24-25H,4-11,13H2,1H3,(H,35,36)(H,37,39)(H,38,40). The summed E-state index contributed by atoms with van der Waals surface area (Å²) in [5, 5.41) is 8.33. The molecule has 0 radical (unpaired) electrons. The van der Waals surface area contributed by atoms with Crippen LogP contribution in [0.15, 0.2) is 55.1 Å². The number of nitrogens with one attached hydrogen (secondary N) is 3. The quantitative estimate of drug-likeness (QED) is 0.196. The molecule has 2 fully saturated rings. The van der Waals surface area contributed by atoms with Crippen LogP contribution in [-0.2, 0) is 0 Å². The molecule has 0 bridgehead atoms. The smallest absolute Gasteiger partial charge is 0.253 e. The summed E-state index contributed by atoms with van der Waals surface area (Å²) in [6.07, 6.45) is 17.6. The van der Waals surface area contributed by atoms with Gasteiger partial charge in [0.2, 0.25) is 0 Å². The number of aromatic amines is 1. The summed E-state index contributed by atoms with van der Waals surface area (Å²) in [5.41, 5.74) is 3.47. The number of carbonyl (C=O) groups is 1. The third kappa shape index (κ3) is 6.64. The maximum Gasteiger partial charge on any atom is 0.253 e.